The highest BCUT2D eigenvalue weighted by atomic mass is 127. The summed E-state index contributed by atoms with van der Waals surface area (Å²) in [7, 11) is 0. The van der Waals surface area contributed by atoms with Crippen LogP contribution in [0.2, 0.25) is 5.02 Å². The first-order valence-corrected chi connectivity index (χ1v) is 12.9. The molecule has 8 heteroatoms. The summed E-state index contributed by atoms with van der Waals surface area (Å²) in [5, 5.41) is 1.08. The Bertz CT molecular complexity index is 1550. The SMILES string of the molecule is CCCN1C(=O)/C(=C\c2nc3ccc(I)cc3c(=O)n2-c2ccc(Cl)cc2)c2cc(Br)ccc21. The molecule has 3 aromatic carbocycles. The molecular weight excluding hydrogens is 629 g/mol. The predicted octanol–water partition coefficient (Wildman–Crippen LogP) is 6.70. The maximum absolute atomic E-state index is 13.7. The van der Waals surface area contributed by atoms with E-state index in [0.717, 1.165) is 25.7 Å². The Hall–Kier alpha value is -2.49. The number of nitrogens with zero attached hydrogens (tertiary/aromatic N) is 3. The molecule has 0 saturated heterocycles. The standard InChI is InChI=1S/C26H18BrClIN3O2/c1-2-11-31-23-10-3-15(27)12-19(23)20(25(31)33)14-24-30-22-9-6-17(29)13-21(22)26(34)32(24)18-7-4-16(28)5-8-18/h3-10,12-14H,2,11H2,1H3/b20-14-. The van der Waals surface area contributed by atoms with Crippen LogP contribution in [0.15, 0.2) is 69.9 Å². The Morgan fingerprint density at radius 1 is 1.06 bits per heavy atom. The molecule has 34 heavy (non-hydrogen) atoms. The minimum Gasteiger partial charge on any atom is -0.308 e. The van der Waals surface area contributed by atoms with Crippen molar-refractivity contribution in [3.05, 3.63) is 95.5 Å². The van der Waals surface area contributed by atoms with Gasteiger partial charge in [-0.15, -0.1) is 0 Å². The van der Waals surface area contributed by atoms with Gasteiger partial charge in [0.1, 0.15) is 5.82 Å². The number of carbonyl (C=O) groups excluding carboxylic acids is 1. The van der Waals surface area contributed by atoms with Crippen LogP contribution in [0.4, 0.5) is 5.69 Å². The highest BCUT2D eigenvalue weighted by Crippen LogP contribution is 2.39. The number of rotatable bonds is 4. The highest BCUT2D eigenvalue weighted by molar-refractivity contribution is 14.1. The van der Waals surface area contributed by atoms with E-state index in [4.69, 9.17) is 16.6 Å². The molecule has 4 aromatic rings. The van der Waals surface area contributed by atoms with Crippen molar-refractivity contribution < 1.29 is 4.79 Å². The number of halogens is 3. The fourth-order valence-corrected chi connectivity index (χ4v) is 5.13. The lowest BCUT2D eigenvalue weighted by Crippen LogP contribution is -2.27. The predicted molar refractivity (Wildman–Crippen MR) is 150 cm³/mol. The van der Waals surface area contributed by atoms with Crippen LogP contribution in [-0.2, 0) is 4.79 Å². The van der Waals surface area contributed by atoms with Gasteiger partial charge in [0.05, 0.1) is 27.9 Å². The summed E-state index contributed by atoms with van der Waals surface area (Å²) in [5.41, 5.74) is 3.17. The van der Waals surface area contributed by atoms with Crippen molar-refractivity contribution in [3.63, 3.8) is 0 Å². The zero-order valence-electron chi connectivity index (χ0n) is 18.1. The largest absolute Gasteiger partial charge is 0.308 e. The molecule has 1 aliphatic heterocycles. The van der Waals surface area contributed by atoms with Crippen molar-refractivity contribution in [2.45, 2.75) is 13.3 Å². The number of fused-ring (bicyclic) bond motifs is 2. The normalized spacial score (nSPS) is 14.3. The second-order valence-corrected chi connectivity index (χ2v) is 10.5. The smallest absolute Gasteiger partial charge is 0.266 e. The molecule has 0 unspecified atom stereocenters. The van der Waals surface area contributed by atoms with Gasteiger partial charge in [-0.25, -0.2) is 4.98 Å². The third-order valence-corrected chi connectivity index (χ3v) is 7.09. The molecule has 0 spiro atoms. The second kappa shape index (κ2) is 9.28. The molecule has 2 heterocycles. The van der Waals surface area contributed by atoms with Crippen LogP contribution in [0, 0.1) is 3.57 Å². The number of hydrogen-bond acceptors (Lipinski definition) is 3. The maximum Gasteiger partial charge on any atom is 0.266 e. The van der Waals surface area contributed by atoms with Gasteiger partial charge in [0, 0.05) is 25.2 Å². The first kappa shape index (κ1) is 23.3. The van der Waals surface area contributed by atoms with E-state index in [9.17, 15) is 9.59 Å². The van der Waals surface area contributed by atoms with E-state index in [1.54, 1.807) is 35.2 Å². The number of anilines is 1. The molecule has 0 bridgehead atoms. The number of benzene rings is 3. The minimum atomic E-state index is -0.206. The summed E-state index contributed by atoms with van der Waals surface area (Å²) >= 11 is 11.8. The lowest BCUT2D eigenvalue weighted by Gasteiger charge is -2.15. The zero-order chi connectivity index (χ0) is 24.0. The van der Waals surface area contributed by atoms with Gasteiger partial charge >= 0.3 is 0 Å². The monoisotopic (exact) mass is 645 g/mol. The summed E-state index contributed by atoms with van der Waals surface area (Å²) in [6.07, 6.45) is 2.55. The molecule has 1 aromatic heterocycles. The number of aromatic nitrogens is 2. The van der Waals surface area contributed by atoms with Gasteiger partial charge in [-0.1, -0.05) is 34.5 Å². The summed E-state index contributed by atoms with van der Waals surface area (Å²) in [6, 6.07) is 18.4. The molecule has 5 rings (SSSR count). The fraction of sp³-hybridized carbons (Fsp3) is 0.115. The molecule has 0 saturated carbocycles. The van der Waals surface area contributed by atoms with E-state index in [1.807, 2.05) is 43.3 Å². The van der Waals surface area contributed by atoms with E-state index in [0.29, 0.717) is 39.6 Å². The summed E-state index contributed by atoms with van der Waals surface area (Å²) in [4.78, 5) is 33.7. The van der Waals surface area contributed by atoms with Crippen LogP contribution in [0.25, 0.3) is 28.2 Å². The average molecular weight is 647 g/mol. The Morgan fingerprint density at radius 2 is 1.82 bits per heavy atom. The Labute approximate surface area is 223 Å². The van der Waals surface area contributed by atoms with Gasteiger partial charge in [0.25, 0.3) is 11.5 Å². The van der Waals surface area contributed by atoms with Gasteiger partial charge in [-0.2, -0.15) is 0 Å². The van der Waals surface area contributed by atoms with Crippen molar-refractivity contribution in [2.24, 2.45) is 0 Å². The molecule has 0 atom stereocenters. The van der Waals surface area contributed by atoms with Gasteiger partial charge in [0.15, 0.2) is 0 Å². The number of carbonyl (C=O) groups is 1. The molecule has 0 fully saturated rings. The summed E-state index contributed by atoms with van der Waals surface area (Å²) < 4.78 is 3.35. The lowest BCUT2D eigenvalue weighted by molar-refractivity contribution is -0.113. The van der Waals surface area contributed by atoms with Crippen molar-refractivity contribution in [3.8, 4) is 5.69 Å². The lowest BCUT2D eigenvalue weighted by atomic mass is 10.1. The average Bonchev–Trinajstić information content (AvgIpc) is 3.06. The number of hydrogen-bond donors (Lipinski definition) is 0. The summed E-state index contributed by atoms with van der Waals surface area (Å²) in [6.45, 7) is 2.65. The van der Waals surface area contributed by atoms with Crippen LogP contribution in [-0.4, -0.2) is 22.0 Å². The first-order valence-electron chi connectivity index (χ1n) is 10.7. The summed E-state index contributed by atoms with van der Waals surface area (Å²) in [5.74, 6) is 0.281. The fourth-order valence-electron chi connectivity index (χ4n) is 4.16. The van der Waals surface area contributed by atoms with E-state index < -0.39 is 0 Å². The molecule has 170 valence electrons. The molecule has 0 aliphatic carbocycles. The van der Waals surface area contributed by atoms with E-state index in [1.165, 1.54) is 4.57 Å². The molecule has 0 radical (unpaired) electrons. The van der Waals surface area contributed by atoms with Crippen LogP contribution >= 0.6 is 50.1 Å². The Balaban J connectivity index is 1.80. The molecule has 1 amide bonds. The third kappa shape index (κ3) is 4.10. The number of amides is 1. The second-order valence-electron chi connectivity index (χ2n) is 7.92. The van der Waals surface area contributed by atoms with Crippen LogP contribution in [0.5, 0.6) is 0 Å². The van der Waals surface area contributed by atoms with Crippen molar-refractivity contribution in [1.82, 2.24) is 9.55 Å². The topological polar surface area (TPSA) is 55.2 Å². The van der Waals surface area contributed by atoms with E-state index >= 15 is 0 Å². The van der Waals surface area contributed by atoms with Gasteiger partial charge in [-0.05, 0) is 95.8 Å². The van der Waals surface area contributed by atoms with Gasteiger partial charge in [-0.3, -0.25) is 14.2 Å². The van der Waals surface area contributed by atoms with Crippen LogP contribution in [0.3, 0.4) is 0 Å². The zero-order valence-corrected chi connectivity index (χ0v) is 22.6. The van der Waals surface area contributed by atoms with Gasteiger partial charge < -0.3 is 4.90 Å². The van der Waals surface area contributed by atoms with E-state index in [-0.39, 0.29) is 11.5 Å². The molecule has 5 nitrogen and oxygen atoms in total. The molecular formula is C26H18BrClIN3O2. The van der Waals surface area contributed by atoms with Crippen molar-refractivity contribution in [2.75, 3.05) is 11.4 Å². The Morgan fingerprint density at radius 3 is 2.56 bits per heavy atom. The van der Waals surface area contributed by atoms with Crippen molar-refractivity contribution >= 4 is 84.3 Å². The van der Waals surface area contributed by atoms with Crippen LogP contribution in [0.1, 0.15) is 24.7 Å². The van der Waals surface area contributed by atoms with Crippen molar-refractivity contribution in [1.29, 1.82) is 0 Å². The quantitative estimate of drug-likeness (QED) is 0.183. The maximum atomic E-state index is 13.7. The molecule has 0 N–H and O–H groups in total. The third-order valence-electron chi connectivity index (χ3n) is 5.68. The van der Waals surface area contributed by atoms with Crippen LogP contribution < -0.4 is 10.5 Å². The highest BCUT2D eigenvalue weighted by Gasteiger charge is 2.32. The molecule has 1 aliphatic rings. The minimum absolute atomic E-state index is 0.102. The van der Waals surface area contributed by atoms with E-state index in [2.05, 4.69) is 38.5 Å². The first-order chi connectivity index (χ1) is 16.4. The Kier molecular flexibility index (Phi) is 6.35. The van der Waals surface area contributed by atoms with Gasteiger partial charge in [0.2, 0.25) is 0 Å².